The third kappa shape index (κ3) is 15.8. The fraction of sp³-hybridized carbons (Fsp3) is 0.586. The average Bonchev–Trinajstić information content (AvgIpc) is 3.39. The normalized spacial score (nSPS) is 21.7. The average molecular weight is 999 g/mol. The van der Waals surface area contributed by atoms with Crippen molar-refractivity contribution in [1.82, 2.24) is 4.90 Å². The molecule has 3 aliphatic rings. The summed E-state index contributed by atoms with van der Waals surface area (Å²) in [6.45, 7) is 7.39. The van der Waals surface area contributed by atoms with Crippen LogP contribution in [0.5, 0.6) is 17.2 Å². The minimum absolute atomic E-state index is 0.0364. The molecule has 1 heterocycles. The minimum Gasteiger partial charge on any atom is -0.459 e. The van der Waals surface area contributed by atoms with Gasteiger partial charge in [0.05, 0.1) is 44.7 Å². The van der Waals surface area contributed by atoms with Crippen LogP contribution in [0.2, 0.25) is 0 Å². The van der Waals surface area contributed by atoms with Gasteiger partial charge in [0.2, 0.25) is 5.79 Å². The maximum Gasteiger partial charge on any atom is 0.410 e. The Morgan fingerprint density at radius 2 is 1.54 bits per heavy atom. The van der Waals surface area contributed by atoms with Crippen LogP contribution in [0, 0.1) is 17.8 Å². The summed E-state index contributed by atoms with van der Waals surface area (Å²) in [6, 6.07) is 23.2. The second kappa shape index (κ2) is 30.6. The summed E-state index contributed by atoms with van der Waals surface area (Å²) < 4.78 is 33.3. The third-order valence-corrected chi connectivity index (χ3v) is 15.0. The van der Waals surface area contributed by atoms with Gasteiger partial charge in [0, 0.05) is 42.6 Å². The van der Waals surface area contributed by atoms with E-state index in [4.69, 9.17) is 33.7 Å². The molecule has 12 nitrogen and oxygen atoms in total. The third-order valence-electron chi connectivity index (χ3n) is 14.2. The topological polar surface area (TPSA) is 149 Å². The van der Waals surface area contributed by atoms with Crippen molar-refractivity contribution in [2.45, 2.75) is 145 Å². The lowest BCUT2D eigenvalue weighted by molar-refractivity contribution is -0.256. The van der Waals surface area contributed by atoms with E-state index in [1.807, 2.05) is 73.0 Å². The van der Waals surface area contributed by atoms with Crippen LogP contribution in [0.25, 0.3) is 0 Å². The SMILES string of the molecule is C=CCOC12Oc3ccc(Oc4ccc(SC)cc4)cc3C3C(CCCCO)C(CCCCO)C=C(C(=NOCc4ccccc4)CC1N(CCOCCO)C(=O)OCCCCCCCCCCCC)C32. The lowest BCUT2D eigenvalue weighted by Gasteiger charge is -2.59. The summed E-state index contributed by atoms with van der Waals surface area (Å²) >= 11 is 1.67. The Kier molecular flexibility index (Phi) is 24.1. The lowest BCUT2D eigenvalue weighted by atomic mass is 9.55. The molecule has 1 saturated carbocycles. The molecule has 0 saturated heterocycles. The molecule has 2 aliphatic carbocycles. The van der Waals surface area contributed by atoms with E-state index in [-0.39, 0.29) is 83.6 Å². The first-order valence-corrected chi connectivity index (χ1v) is 27.8. The van der Waals surface area contributed by atoms with E-state index in [0.717, 1.165) is 66.5 Å². The molecule has 0 bridgehead atoms. The number of fused-ring (bicyclic) bond motifs is 2. The molecule has 0 spiro atoms. The number of aliphatic hydroxyl groups is 3. The molecule has 71 heavy (non-hydrogen) atoms. The van der Waals surface area contributed by atoms with Crippen LogP contribution in [0.4, 0.5) is 4.79 Å². The van der Waals surface area contributed by atoms with Gasteiger partial charge in [0.15, 0.2) is 0 Å². The molecule has 6 rings (SSSR count). The Hall–Kier alpha value is -4.37. The highest BCUT2D eigenvalue weighted by Gasteiger charge is 2.65. The number of allylic oxidation sites excluding steroid dienone is 1. The number of aliphatic hydroxyl groups excluding tert-OH is 3. The number of nitrogens with zero attached hydrogens (tertiary/aromatic N) is 2. The van der Waals surface area contributed by atoms with Gasteiger partial charge >= 0.3 is 6.09 Å². The number of carbonyl (C=O) groups is 1. The number of carbonyl (C=O) groups excluding carboxylic acids is 1. The highest BCUT2D eigenvalue weighted by atomic mass is 32.2. The number of oxime groups is 1. The number of ether oxygens (including phenoxy) is 5. The highest BCUT2D eigenvalue weighted by Crippen LogP contribution is 2.62. The first kappa shape index (κ1) is 55.9. The number of thioether (sulfide) groups is 1. The zero-order valence-corrected chi connectivity index (χ0v) is 43.4. The van der Waals surface area contributed by atoms with Gasteiger partial charge < -0.3 is 43.8 Å². The molecule has 0 radical (unpaired) electrons. The van der Waals surface area contributed by atoms with Crippen LogP contribution in [-0.4, -0.2) is 103 Å². The Bertz CT molecular complexity index is 2080. The van der Waals surface area contributed by atoms with Crippen LogP contribution in [0.15, 0.2) is 107 Å². The molecule has 3 N–H and O–H groups in total. The van der Waals surface area contributed by atoms with Gasteiger partial charge in [-0.15, -0.1) is 18.3 Å². The van der Waals surface area contributed by atoms with Crippen LogP contribution < -0.4 is 9.47 Å². The smallest absolute Gasteiger partial charge is 0.410 e. The molecule has 1 fully saturated rings. The zero-order chi connectivity index (χ0) is 50.1. The van der Waals surface area contributed by atoms with Gasteiger partial charge in [-0.1, -0.05) is 125 Å². The molecule has 390 valence electrons. The molecule has 6 atom stereocenters. The maximum absolute atomic E-state index is 14.9. The van der Waals surface area contributed by atoms with Crippen molar-refractivity contribution in [3.05, 3.63) is 108 Å². The lowest BCUT2D eigenvalue weighted by Crippen LogP contribution is -2.70. The predicted octanol–water partition coefficient (Wildman–Crippen LogP) is 12.4. The van der Waals surface area contributed by atoms with Gasteiger partial charge in [-0.3, -0.25) is 4.90 Å². The molecular formula is C58H82N2O10S. The quantitative estimate of drug-likeness (QED) is 0.0227. The second-order valence-electron chi connectivity index (χ2n) is 19.1. The molecule has 0 aromatic heterocycles. The van der Waals surface area contributed by atoms with Crippen molar-refractivity contribution in [1.29, 1.82) is 0 Å². The maximum atomic E-state index is 14.9. The van der Waals surface area contributed by atoms with E-state index < -0.39 is 23.8 Å². The van der Waals surface area contributed by atoms with Crippen LogP contribution in [-0.2, 0) is 25.7 Å². The summed E-state index contributed by atoms with van der Waals surface area (Å²) in [4.78, 5) is 24.0. The Morgan fingerprint density at radius 1 is 0.831 bits per heavy atom. The van der Waals surface area contributed by atoms with Gasteiger partial charge in [0.1, 0.15) is 29.9 Å². The van der Waals surface area contributed by atoms with Crippen molar-refractivity contribution in [2.75, 3.05) is 59.0 Å². The monoisotopic (exact) mass is 999 g/mol. The number of amides is 1. The van der Waals surface area contributed by atoms with E-state index in [9.17, 15) is 20.1 Å². The zero-order valence-electron chi connectivity index (χ0n) is 42.6. The Balaban J connectivity index is 1.45. The van der Waals surface area contributed by atoms with Crippen molar-refractivity contribution < 1.29 is 48.6 Å². The molecule has 1 amide bonds. The van der Waals surface area contributed by atoms with Crippen molar-refractivity contribution in [2.24, 2.45) is 22.9 Å². The molecular weight excluding hydrogens is 917 g/mol. The number of rotatable bonds is 34. The minimum atomic E-state index is -1.47. The number of hydrogen-bond donors (Lipinski definition) is 3. The van der Waals surface area contributed by atoms with Crippen LogP contribution >= 0.6 is 11.8 Å². The van der Waals surface area contributed by atoms with Crippen LogP contribution in [0.1, 0.15) is 133 Å². The predicted molar refractivity (Wildman–Crippen MR) is 282 cm³/mol. The van der Waals surface area contributed by atoms with Crippen molar-refractivity contribution in [3.8, 4) is 17.2 Å². The fourth-order valence-electron chi connectivity index (χ4n) is 10.8. The largest absolute Gasteiger partial charge is 0.459 e. The van der Waals surface area contributed by atoms with E-state index in [1.165, 1.54) is 44.9 Å². The van der Waals surface area contributed by atoms with Crippen molar-refractivity contribution in [3.63, 3.8) is 0 Å². The molecule has 3 aromatic carbocycles. The molecule has 1 aliphatic heterocycles. The van der Waals surface area contributed by atoms with Gasteiger partial charge in [-0.25, -0.2) is 4.79 Å². The first-order valence-electron chi connectivity index (χ1n) is 26.6. The summed E-state index contributed by atoms with van der Waals surface area (Å²) in [6.07, 6.45) is 22.0. The van der Waals surface area contributed by atoms with E-state index in [2.05, 4.69) is 25.6 Å². The van der Waals surface area contributed by atoms with Gasteiger partial charge in [-0.2, -0.15) is 0 Å². The summed E-state index contributed by atoms with van der Waals surface area (Å²) in [5.74, 6) is -0.103. The highest BCUT2D eigenvalue weighted by molar-refractivity contribution is 7.98. The molecule has 3 aromatic rings. The number of benzene rings is 3. The number of hydrogen-bond acceptors (Lipinski definition) is 12. The van der Waals surface area contributed by atoms with Crippen molar-refractivity contribution >= 4 is 23.6 Å². The first-order chi connectivity index (χ1) is 34.9. The van der Waals surface area contributed by atoms with E-state index in [1.54, 1.807) is 22.7 Å². The van der Waals surface area contributed by atoms with Gasteiger partial charge in [0.25, 0.3) is 0 Å². The Labute approximate surface area is 428 Å². The molecule has 13 heteroatoms. The summed E-state index contributed by atoms with van der Waals surface area (Å²) in [7, 11) is 0. The van der Waals surface area contributed by atoms with E-state index in [0.29, 0.717) is 35.8 Å². The summed E-state index contributed by atoms with van der Waals surface area (Å²) in [5, 5.41) is 34.8. The van der Waals surface area contributed by atoms with E-state index >= 15 is 0 Å². The van der Waals surface area contributed by atoms with Crippen LogP contribution in [0.3, 0.4) is 0 Å². The fourth-order valence-corrected chi connectivity index (χ4v) is 11.2. The second-order valence-corrected chi connectivity index (χ2v) is 20.0. The molecule has 6 unspecified atom stereocenters. The Morgan fingerprint density at radius 3 is 2.23 bits per heavy atom. The van der Waals surface area contributed by atoms with Gasteiger partial charge in [-0.05, 0) is 104 Å². The standard InChI is InChI=1S/C58H82N2O10S/c1-4-6-7-8-9-10-11-12-13-21-37-66-57(64)60(32-38-65-39-35-63)54-42-52(59-68-43-44-22-15-14-16-23-44)50-40-45(24-17-19-33-61)49(25-18-20-34-62)55-51-41-47(69-46-26-29-48(71-3)30-27-46)28-31-53(51)70-58(54,56(50)55)67-36-5-2/h5,14-16,22-23,26-31,40-41,45,49,54-56,61-63H,2,4,6-13,17-21,24-25,32-39,42-43H2,1,3H3. The number of unbranched alkanes of at least 4 members (excludes halogenated alkanes) is 11. The summed E-state index contributed by atoms with van der Waals surface area (Å²) in [5.41, 5.74) is 3.56.